The molecule has 0 saturated carbocycles. The molecule has 0 aliphatic rings. The van der Waals surface area contributed by atoms with E-state index in [0.717, 1.165) is 9.95 Å². The molecule has 0 radical (unpaired) electrons. The number of rotatable bonds is 1. The van der Waals surface area contributed by atoms with Gasteiger partial charge in [-0.1, -0.05) is 0 Å². The van der Waals surface area contributed by atoms with Crippen LogP contribution in [-0.4, -0.2) is 18.3 Å². The van der Waals surface area contributed by atoms with Crippen LogP contribution in [0.4, 0.5) is 0 Å². The Labute approximate surface area is 119 Å². The number of halogens is 2. The third-order valence-corrected chi connectivity index (χ3v) is 5.63. The Bertz CT molecular complexity index is 777. The van der Waals surface area contributed by atoms with E-state index in [1.807, 2.05) is 30.3 Å². The van der Waals surface area contributed by atoms with Crippen molar-refractivity contribution >= 4 is 47.6 Å². The molecule has 0 fully saturated rings. The van der Waals surface area contributed by atoms with Gasteiger partial charge in [-0.3, -0.25) is 0 Å². The fraction of sp³-hybridized carbons (Fsp3) is 0. The summed E-state index contributed by atoms with van der Waals surface area (Å²) in [5.74, 6) is 0. The van der Waals surface area contributed by atoms with Crippen molar-refractivity contribution in [2.45, 2.75) is 0 Å². The standard InChI is InChI=1S/C13H7Cl2NOSe/c14-10-6-9-12(7-11(10)15)18-16(13(9)17)8-4-2-1-3-5-8/h1-7H. The number of aromatic nitrogens is 1. The van der Waals surface area contributed by atoms with Crippen molar-refractivity contribution in [1.82, 2.24) is 3.56 Å². The Morgan fingerprint density at radius 1 is 1.00 bits per heavy atom. The number of hydrogen-bond donors (Lipinski definition) is 0. The van der Waals surface area contributed by atoms with Gasteiger partial charge in [0.05, 0.1) is 0 Å². The Morgan fingerprint density at radius 2 is 1.67 bits per heavy atom. The second-order valence-corrected chi connectivity index (χ2v) is 6.68. The predicted molar refractivity (Wildman–Crippen MR) is 76.5 cm³/mol. The monoisotopic (exact) mass is 343 g/mol. The minimum absolute atomic E-state index is 0.00485. The van der Waals surface area contributed by atoms with Crippen molar-refractivity contribution in [3.05, 3.63) is 62.9 Å². The molecule has 5 heteroatoms. The second-order valence-electron chi connectivity index (χ2n) is 3.79. The third-order valence-electron chi connectivity index (χ3n) is 2.62. The maximum atomic E-state index is 12.3. The Morgan fingerprint density at radius 3 is 2.39 bits per heavy atom. The van der Waals surface area contributed by atoms with Crippen LogP contribution in [-0.2, 0) is 0 Å². The van der Waals surface area contributed by atoms with E-state index in [4.69, 9.17) is 23.2 Å². The number of nitrogens with zero attached hydrogens (tertiary/aromatic N) is 1. The van der Waals surface area contributed by atoms with Gasteiger partial charge in [0.2, 0.25) is 0 Å². The predicted octanol–water partition coefficient (Wildman–Crippen LogP) is 3.35. The molecule has 0 spiro atoms. The SMILES string of the molecule is O=c1c2cc(Cl)c(Cl)cc2[se]n1-c1ccccc1. The molecule has 0 saturated heterocycles. The Hall–Kier alpha value is -0.991. The first kappa shape index (κ1) is 12.1. The first-order chi connectivity index (χ1) is 8.66. The van der Waals surface area contributed by atoms with Gasteiger partial charge in [0.1, 0.15) is 0 Å². The van der Waals surface area contributed by atoms with Gasteiger partial charge < -0.3 is 0 Å². The fourth-order valence-electron chi connectivity index (χ4n) is 1.75. The minimum atomic E-state index is -0.0814. The Kier molecular flexibility index (Phi) is 3.08. The summed E-state index contributed by atoms with van der Waals surface area (Å²) in [6, 6.07) is 13.1. The zero-order valence-electron chi connectivity index (χ0n) is 9.06. The summed E-state index contributed by atoms with van der Waals surface area (Å²) in [5, 5.41) is 1.59. The van der Waals surface area contributed by atoms with Crippen LogP contribution >= 0.6 is 23.2 Å². The number of para-hydroxylation sites is 1. The van der Waals surface area contributed by atoms with Crippen LogP contribution < -0.4 is 5.56 Å². The molecule has 0 N–H and O–H groups in total. The van der Waals surface area contributed by atoms with E-state index < -0.39 is 0 Å². The first-order valence-corrected chi connectivity index (χ1v) is 7.61. The summed E-state index contributed by atoms with van der Waals surface area (Å²) in [6.45, 7) is 0. The van der Waals surface area contributed by atoms with Crippen molar-refractivity contribution in [3.8, 4) is 5.69 Å². The van der Waals surface area contributed by atoms with Gasteiger partial charge in [0, 0.05) is 0 Å². The molecule has 90 valence electrons. The van der Waals surface area contributed by atoms with Gasteiger partial charge in [0.15, 0.2) is 0 Å². The molecule has 0 bridgehead atoms. The van der Waals surface area contributed by atoms with Gasteiger partial charge in [-0.2, -0.15) is 0 Å². The molecule has 1 heterocycles. The molecule has 0 aliphatic heterocycles. The zero-order valence-corrected chi connectivity index (χ0v) is 12.3. The summed E-state index contributed by atoms with van der Waals surface area (Å²) < 4.78 is 2.76. The first-order valence-electron chi connectivity index (χ1n) is 5.23. The molecule has 0 unspecified atom stereocenters. The molecule has 3 aromatic rings. The number of fused-ring (bicyclic) bond motifs is 1. The molecular formula is C13H7Cl2NOSe. The summed E-state index contributed by atoms with van der Waals surface area (Å²) >= 11 is 11.9. The maximum absolute atomic E-state index is 12.3. The van der Waals surface area contributed by atoms with Crippen LogP contribution in [0.15, 0.2) is 47.3 Å². The van der Waals surface area contributed by atoms with E-state index in [9.17, 15) is 4.79 Å². The second kappa shape index (κ2) is 4.60. The van der Waals surface area contributed by atoms with E-state index in [1.54, 1.807) is 15.7 Å². The number of benzene rings is 2. The van der Waals surface area contributed by atoms with Crippen LogP contribution in [0.5, 0.6) is 0 Å². The molecule has 1 aromatic heterocycles. The van der Waals surface area contributed by atoms with Crippen molar-refractivity contribution < 1.29 is 0 Å². The topological polar surface area (TPSA) is 22.0 Å². The average molecular weight is 343 g/mol. The van der Waals surface area contributed by atoms with Crippen LogP contribution in [0.3, 0.4) is 0 Å². The fourth-order valence-corrected chi connectivity index (χ4v) is 4.37. The van der Waals surface area contributed by atoms with Crippen LogP contribution in [0.25, 0.3) is 15.3 Å². The van der Waals surface area contributed by atoms with Crippen LogP contribution in [0.1, 0.15) is 0 Å². The molecule has 3 rings (SSSR count). The quantitative estimate of drug-likeness (QED) is 0.621. The van der Waals surface area contributed by atoms with Crippen LogP contribution in [0, 0.1) is 0 Å². The van der Waals surface area contributed by atoms with E-state index in [2.05, 4.69) is 0 Å². The summed E-state index contributed by atoms with van der Waals surface area (Å²) in [4.78, 5) is 12.3. The molecular weight excluding hydrogens is 336 g/mol. The summed E-state index contributed by atoms with van der Waals surface area (Å²) in [7, 11) is 0. The normalized spacial score (nSPS) is 11.0. The molecule has 0 atom stereocenters. The van der Waals surface area contributed by atoms with Crippen molar-refractivity contribution in [2.75, 3.05) is 0 Å². The van der Waals surface area contributed by atoms with Gasteiger partial charge in [-0.05, 0) is 0 Å². The molecule has 2 nitrogen and oxygen atoms in total. The third kappa shape index (κ3) is 1.94. The van der Waals surface area contributed by atoms with E-state index in [1.165, 1.54) is 0 Å². The van der Waals surface area contributed by atoms with Gasteiger partial charge >= 0.3 is 120 Å². The summed E-state index contributed by atoms with van der Waals surface area (Å²) in [5.41, 5.74) is 0.903. The molecule has 0 aliphatic carbocycles. The van der Waals surface area contributed by atoms with Crippen LogP contribution in [0.2, 0.25) is 10.0 Å². The van der Waals surface area contributed by atoms with E-state index >= 15 is 0 Å². The van der Waals surface area contributed by atoms with Gasteiger partial charge in [0.25, 0.3) is 0 Å². The molecule has 0 amide bonds. The number of hydrogen-bond acceptors (Lipinski definition) is 1. The van der Waals surface area contributed by atoms with E-state index in [-0.39, 0.29) is 20.3 Å². The summed E-state index contributed by atoms with van der Waals surface area (Å²) in [6.07, 6.45) is 0. The van der Waals surface area contributed by atoms with Gasteiger partial charge in [-0.25, -0.2) is 0 Å². The van der Waals surface area contributed by atoms with Gasteiger partial charge in [-0.15, -0.1) is 0 Å². The van der Waals surface area contributed by atoms with Crippen molar-refractivity contribution in [2.24, 2.45) is 0 Å². The zero-order chi connectivity index (χ0) is 12.7. The van der Waals surface area contributed by atoms with Crippen molar-refractivity contribution in [1.29, 1.82) is 0 Å². The van der Waals surface area contributed by atoms with E-state index in [0.29, 0.717) is 15.4 Å². The molecule has 18 heavy (non-hydrogen) atoms. The molecule has 2 aromatic carbocycles. The van der Waals surface area contributed by atoms with Crippen molar-refractivity contribution in [3.63, 3.8) is 0 Å². The Balaban J connectivity index is 2.33. The average Bonchev–Trinajstić information content (AvgIpc) is 2.69.